The van der Waals surface area contributed by atoms with Gasteiger partial charge >= 0.3 is 0 Å². The van der Waals surface area contributed by atoms with Gasteiger partial charge in [-0.1, -0.05) is 43.2 Å². The molecule has 1 atom stereocenters. The van der Waals surface area contributed by atoms with Crippen molar-refractivity contribution in [1.29, 1.82) is 0 Å². The Bertz CT molecular complexity index is 293. The van der Waals surface area contributed by atoms with Gasteiger partial charge in [-0.15, -0.1) is 0 Å². The summed E-state index contributed by atoms with van der Waals surface area (Å²) >= 11 is 0. The molecule has 1 fully saturated rings. The normalized spacial score (nSPS) is 17.3. The summed E-state index contributed by atoms with van der Waals surface area (Å²) in [5, 5.41) is 3.56. The molecule has 1 aromatic carbocycles. The number of nitrogens with one attached hydrogen (secondary N) is 1. The van der Waals surface area contributed by atoms with Crippen molar-refractivity contribution >= 4 is 0 Å². The fraction of sp³-hybridized carbons (Fsp3) is 0.571. The van der Waals surface area contributed by atoms with E-state index in [4.69, 9.17) is 5.73 Å². The lowest BCUT2D eigenvalue weighted by Crippen LogP contribution is -2.38. The fourth-order valence-corrected chi connectivity index (χ4v) is 2.04. The molecule has 0 bridgehead atoms. The van der Waals surface area contributed by atoms with Crippen molar-refractivity contribution in [3.05, 3.63) is 35.9 Å². The van der Waals surface area contributed by atoms with E-state index in [1.54, 1.807) is 0 Å². The average molecular weight is 218 g/mol. The minimum absolute atomic E-state index is 0.432. The maximum absolute atomic E-state index is 5.79. The van der Waals surface area contributed by atoms with Gasteiger partial charge in [-0.2, -0.15) is 0 Å². The summed E-state index contributed by atoms with van der Waals surface area (Å²) in [6.07, 6.45) is 5.24. The maximum atomic E-state index is 5.79. The predicted octanol–water partition coefficient (Wildman–Crippen LogP) is 1.95. The van der Waals surface area contributed by atoms with Crippen LogP contribution in [-0.4, -0.2) is 19.1 Å². The lowest BCUT2D eigenvalue weighted by atomic mass is 10.1. The van der Waals surface area contributed by atoms with Gasteiger partial charge < -0.3 is 11.1 Å². The second-order valence-corrected chi connectivity index (χ2v) is 4.81. The highest BCUT2D eigenvalue weighted by Crippen LogP contribution is 2.31. The van der Waals surface area contributed by atoms with Gasteiger partial charge in [0.05, 0.1) is 0 Å². The van der Waals surface area contributed by atoms with Crippen LogP contribution in [0.15, 0.2) is 30.3 Å². The summed E-state index contributed by atoms with van der Waals surface area (Å²) < 4.78 is 0. The monoisotopic (exact) mass is 218 g/mol. The van der Waals surface area contributed by atoms with Crippen LogP contribution in [0.5, 0.6) is 0 Å². The second-order valence-electron chi connectivity index (χ2n) is 4.81. The zero-order valence-electron chi connectivity index (χ0n) is 9.86. The topological polar surface area (TPSA) is 38.0 Å². The van der Waals surface area contributed by atoms with E-state index >= 15 is 0 Å². The molecule has 88 valence electrons. The summed E-state index contributed by atoms with van der Waals surface area (Å²) in [5.74, 6) is 1.00. The molecule has 2 nitrogen and oxygen atoms in total. The molecule has 2 heteroatoms. The highest BCUT2D eigenvalue weighted by atomic mass is 14.9. The van der Waals surface area contributed by atoms with Gasteiger partial charge in [-0.25, -0.2) is 0 Å². The van der Waals surface area contributed by atoms with Crippen molar-refractivity contribution in [3.8, 4) is 0 Å². The van der Waals surface area contributed by atoms with E-state index in [2.05, 4.69) is 35.6 Å². The van der Waals surface area contributed by atoms with Crippen LogP contribution in [0.2, 0.25) is 0 Å². The molecule has 1 saturated carbocycles. The Morgan fingerprint density at radius 1 is 1.25 bits per heavy atom. The zero-order chi connectivity index (χ0) is 11.2. The standard InChI is InChI=1S/C14H22N2/c15-11-14(16-9-8-12-6-7-12)10-13-4-2-1-3-5-13/h1-5,12,14,16H,6-11,15H2. The van der Waals surface area contributed by atoms with Gasteiger partial charge in [0.15, 0.2) is 0 Å². The molecule has 0 radical (unpaired) electrons. The molecule has 0 heterocycles. The third-order valence-electron chi connectivity index (χ3n) is 3.29. The third-order valence-corrected chi connectivity index (χ3v) is 3.29. The Hall–Kier alpha value is -0.860. The van der Waals surface area contributed by atoms with Crippen molar-refractivity contribution in [2.75, 3.05) is 13.1 Å². The molecule has 1 unspecified atom stereocenters. The molecule has 0 aliphatic heterocycles. The van der Waals surface area contributed by atoms with E-state index in [0.29, 0.717) is 6.04 Å². The number of hydrogen-bond acceptors (Lipinski definition) is 2. The lowest BCUT2D eigenvalue weighted by Gasteiger charge is -2.16. The van der Waals surface area contributed by atoms with Crippen LogP contribution in [0.25, 0.3) is 0 Å². The summed E-state index contributed by atoms with van der Waals surface area (Å²) in [6, 6.07) is 11.0. The molecular formula is C14H22N2. The van der Waals surface area contributed by atoms with Gasteiger partial charge in [0.1, 0.15) is 0 Å². The first-order valence-corrected chi connectivity index (χ1v) is 6.36. The molecule has 3 N–H and O–H groups in total. The number of nitrogens with two attached hydrogens (primary N) is 1. The lowest BCUT2D eigenvalue weighted by molar-refractivity contribution is 0.496. The molecule has 1 aliphatic carbocycles. The molecule has 0 spiro atoms. The zero-order valence-corrected chi connectivity index (χ0v) is 9.86. The fourth-order valence-electron chi connectivity index (χ4n) is 2.04. The summed E-state index contributed by atoms with van der Waals surface area (Å²) in [5.41, 5.74) is 7.16. The molecule has 1 aliphatic rings. The van der Waals surface area contributed by atoms with Crippen LogP contribution >= 0.6 is 0 Å². The van der Waals surface area contributed by atoms with Crippen LogP contribution in [0.4, 0.5) is 0 Å². The van der Waals surface area contributed by atoms with E-state index < -0.39 is 0 Å². The van der Waals surface area contributed by atoms with Crippen LogP contribution in [0, 0.1) is 5.92 Å². The highest BCUT2D eigenvalue weighted by molar-refractivity contribution is 5.15. The molecule has 0 amide bonds. The predicted molar refractivity (Wildman–Crippen MR) is 68.3 cm³/mol. The number of hydrogen-bond donors (Lipinski definition) is 2. The average Bonchev–Trinajstić information content (AvgIpc) is 3.13. The Balaban J connectivity index is 1.71. The van der Waals surface area contributed by atoms with E-state index in [0.717, 1.165) is 25.4 Å². The number of benzene rings is 1. The quantitative estimate of drug-likeness (QED) is 0.734. The van der Waals surface area contributed by atoms with Gasteiger partial charge in [-0.3, -0.25) is 0 Å². The molecule has 0 saturated heterocycles. The van der Waals surface area contributed by atoms with Gasteiger partial charge in [-0.05, 0) is 30.9 Å². The first kappa shape index (κ1) is 11.6. The van der Waals surface area contributed by atoms with Crippen LogP contribution in [-0.2, 0) is 6.42 Å². The smallest absolute Gasteiger partial charge is 0.0230 e. The maximum Gasteiger partial charge on any atom is 0.0230 e. The van der Waals surface area contributed by atoms with Crippen molar-refractivity contribution in [1.82, 2.24) is 5.32 Å². The third kappa shape index (κ3) is 3.95. The highest BCUT2D eigenvalue weighted by Gasteiger charge is 2.20. The van der Waals surface area contributed by atoms with Gasteiger partial charge in [0.2, 0.25) is 0 Å². The van der Waals surface area contributed by atoms with Crippen LogP contribution in [0.1, 0.15) is 24.8 Å². The van der Waals surface area contributed by atoms with Crippen molar-refractivity contribution in [2.45, 2.75) is 31.7 Å². The Morgan fingerprint density at radius 2 is 2.00 bits per heavy atom. The minimum Gasteiger partial charge on any atom is -0.329 e. The van der Waals surface area contributed by atoms with E-state index in [1.807, 2.05) is 0 Å². The van der Waals surface area contributed by atoms with Gasteiger partial charge in [0.25, 0.3) is 0 Å². The van der Waals surface area contributed by atoms with Crippen molar-refractivity contribution in [3.63, 3.8) is 0 Å². The van der Waals surface area contributed by atoms with Crippen LogP contribution < -0.4 is 11.1 Å². The van der Waals surface area contributed by atoms with E-state index in [9.17, 15) is 0 Å². The molecule has 2 rings (SSSR count). The SMILES string of the molecule is NCC(Cc1ccccc1)NCCC1CC1. The molecular weight excluding hydrogens is 196 g/mol. The Kier molecular flexibility index (Phi) is 4.37. The summed E-state index contributed by atoms with van der Waals surface area (Å²) in [4.78, 5) is 0. The summed E-state index contributed by atoms with van der Waals surface area (Å²) in [7, 11) is 0. The molecule has 16 heavy (non-hydrogen) atoms. The first-order valence-electron chi connectivity index (χ1n) is 6.36. The Morgan fingerprint density at radius 3 is 2.62 bits per heavy atom. The minimum atomic E-state index is 0.432. The largest absolute Gasteiger partial charge is 0.329 e. The van der Waals surface area contributed by atoms with Crippen LogP contribution in [0.3, 0.4) is 0 Å². The van der Waals surface area contributed by atoms with E-state index in [-0.39, 0.29) is 0 Å². The first-order chi connectivity index (χ1) is 7.88. The molecule has 1 aromatic rings. The molecule has 0 aromatic heterocycles. The Labute approximate surface area is 98.2 Å². The number of rotatable bonds is 7. The summed E-state index contributed by atoms with van der Waals surface area (Å²) in [6.45, 7) is 1.85. The van der Waals surface area contributed by atoms with Crippen molar-refractivity contribution in [2.24, 2.45) is 11.7 Å². The second kappa shape index (κ2) is 6.02. The van der Waals surface area contributed by atoms with Crippen molar-refractivity contribution < 1.29 is 0 Å². The van der Waals surface area contributed by atoms with E-state index in [1.165, 1.54) is 24.8 Å². The van der Waals surface area contributed by atoms with Gasteiger partial charge in [0, 0.05) is 12.6 Å².